The number of esters is 1. The summed E-state index contributed by atoms with van der Waals surface area (Å²) in [7, 11) is 0. The minimum absolute atomic E-state index is 0.0287. The van der Waals surface area contributed by atoms with E-state index in [4.69, 9.17) is 4.74 Å². The van der Waals surface area contributed by atoms with Crippen molar-refractivity contribution >= 4 is 11.8 Å². The van der Waals surface area contributed by atoms with Crippen molar-refractivity contribution in [3.05, 3.63) is 0 Å². The van der Waals surface area contributed by atoms with Gasteiger partial charge >= 0.3 is 5.97 Å². The van der Waals surface area contributed by atoms with Gasteiger partial charge in [-0.2, -0.15) is 0 Å². The van der Waals surface area contributed by atoms with Gasteiger partial charge < -0.3 is 9.84 Å². The Bertz CT molecular complexity index is 635. The Morgan fingerprint density at radius 1 is 1.04 bits per heavy atom. The molecule has 1 heterocycles. The molecule has 0 aromatic heterocycles. The topological polar surface area (TPSA) is 63.6 Å². The summed E-state index contributed by atoms with van der Waals surface area (Å²) < 4.78 is 5.98. The number of fused-ring (bicyclic) bond motifs is 3. The second kappa shape index (κ2) is 5.56. The standard InChI is InChI=1S/C22H34O4/c1-19(2,25)16-6-5-15-14(13-22(16)12-9-18(24)26-22)7-10-21(4)17(23)8-11-20(15,21)3/h14-16,25H,5-13H2,1-4H3/t14-,15-,16+,20+,21-,22-/m1/s1. The van der Waals surface area contributed by atoms with Crippen LogP contribution in [0.3, 0.4) is 0 Å². The molecule has 146 valence electrons. The summed E-state index contributed by atoms with van der Waals surface area (Å²) in [6, 6.07) is 0. The van der Waals surface area contributed by atoms with Crippen LogP contribution in [-0.2, 0) is 14.3 Å². The van der Waals surface area contributed by atoms with Crippen molar-refractivity contribution < 1.29 is 19.4 Å². The van der Waals surface area contributed by atoms with Crippen LogP contribution in [0.25, 0.3) is 0 Å². The van der Waals surface area contributed by atoms with Crippen LogP contribution in [0.2, 0.25) is 0 Å². The van der Waals surface area contributed by atoms with E-state index in [-0.39, 0.29) is 22.7 Å². The highest BCUT2D eigenvalue weighted by molar-refractivity contribution is 5.88. The monoisotopic (exact) mass is 362 g/mol. The van der Waals surface area contributed by atoms with Gasteiger partial charge in [0.1, 0.15) is 11.4 Å². The molecular weight excluding hydrogens is 328 g/mol. The summed E-state index contributed by atoms with van der Waals surface area (Å²) in [6.07, 6.45) is 7.66. The summed E-state index contributed by atoms with van der Waals surface area (Å²) in [5.41, 5.74) is -1.52. The first-order valence-electron chi connectivity index (χ1n) is 10.5. The quantitative estimate of drug-likeness (QED) is 0.715. The number of hydrogen-bond acceptors (Lipinski definition) is 4. The molecule has 0 unspecified atom stereocenters. The Kier molecular flexibility index (Phi) is 3.95. The van der Waals surface area contributed by atoms with Crippen molar-refractivity contribution in [1.29, 1.82) is 0 Å². The molecule has 3 saturated carbocycles. The van der Waals surface area contributed by atoms with Gasteiger partial charge in [0.05, 0.1) is 5.60 Å². The number of carbonyl (C=O) groups excluding carboxylic acids is 2. The van der Waals surface area contributed by atoms with Gasteiger partial charge in [-0.1, -0.05) is 13.8 Å². The van der Waals surface area contributed by atoms with Gasteiger partial charge in [-0.15, -0.1) is 0 Å². The van der Waals surface area contributed by atoms with Crippen LogP contribution in [0.15, 0.2) is 0 Å². The first kappa shape index (κ1) is 18.5. The molecule has 26 heavy (non-hydrogen) atoms. The molecule has 0 amide bonds. The number of carbonyl (C=O) groups is 2. The summed E-state index contributed by atoms with van der Waals surface area (Å²) >= 11 is 0. The van der Waals surface area contributed by atoms with Crippen molar-refractivity contribution in [3.8, 4) is 0 Å². The zero-order valence-electron chi connectivity index (χ0n) is 16.8. The van der Waals surface area contributed by atoms with Crippen LogP contribution in [0, 0.1) is 28.6 Å². The molecular formula is C22H34O4. The summed E-state index contributed by atoms with van der Waals surface area (Å²) in [5.74, 6) is 1.27. The van der Waals surface area contributed by atoms with E-state index in [0.29, 0.717) is 30.5 Å². The van der Waals surface area contributed by atoms with E-state index in [2.05, 4.69) is 13.8 Å². The Morgan fingerprint density at radius 2 is 1.77 bits per heavy atom. The predicted molar refractivity (Wildman–Crippen MR) is 98.4 cm³/mol. The molecule has 4 fully saturated rings. The maximum atomic E-state index is 12.7. The van der Waals surface area contributed by atoms with Crippen molar-refractivity contribution in [2.24, 2.45) is 28.6 Å². The fraction of sp³-hybridized carbons (Fsp3) is 0.909. The number of ketones is 1. The van der Waals surface area contributed by atoms with Crippen molar-refractivity contribution in [1.82, 2.24) is 0 Å². The fourth-order valence-electron chi connectivity index (χ4n) is 7.48. The average molecular weight is 363 g/mol. The Hall–Kier alpha value is -0.900. The third kappa shape index (κ3) is 2.36. The van der Waals surface area contributed by atoms with E-state index < -0.39 is 11.2 Å². The van der Waals surface area contributed by atoms with E-state index in [0.717, 1.165) is 44.9 Å². The SMILES string of the molecule is CC(C)(O)[C@@H]1CC[C@@H]2[C@H](CC[C@]3(C)C(=O)CC[C@@]23C)C[C@]12CCC(=O)O2. The molecule has 0 aromatic rings. The summed E-state index contributed by atoms with van der Waals surface area (Å²) in [6.45, 7) is 8.27. The lowest BCUT2D eigenvalue weighted by Gasteiger charge is -2.53. The lowest BCUT2D eigenvalue weighted by atomic mass is 9.50. The summed E-state index contributed by atoms with van der Waals surface area (Å²) in [5, 5.41) is 10.9. The largest absolute Gasteiger partial charge is 0.459 e. The highest BCUT2D eigenvalue weighted by Crippen LogP contribution is 2.66. The van der Waals surface area contributed by atoms with Crippen LogP contribution < -0.4 is 0 Å². The molecule has 0 radical (unpaired) electrons. The number of rotatable bonds is 1. The lowest BCUT2D eigenvalue weighted by Crippen LogP contribution is -2.51. The van der Waals surface area contributed by atoms with Gasteiger partial charge in [0, 0.05) is 24.2 Å². The van der Waals surface area contributed by atoms with Crippen molar-refractivity contribution in [2.45, 2.75) is 96.7 Å². The number of Topliss-reactive ketones (excluding diaryl/α,β-unsaturated/α-hetero) is 1. The molecule has 3 aliphatic carbocycles. The zero-order valence-corrected chi connectivity index (χ0v) is 16.8. The molecule has 1 N–H and O–H groups in total. The maximum absolute atomic E-state index is 12.7. The van der Waals surface area contributed by atoms with Gasteiger partial charge in [-0.3, -0.25) is 9.59 Å². The maximum Gasteiger partial charge on any atom is 0.306 e. The minimum Gasteiger partial charge on any atom is -0.459 e. The smallest absolute Gasteiger partial charge is 0.306 e. The Morgan fingerprint density at radius 3 is 2.38 bits per heavy atom. The predicted octanol–water partition coefficient (Wildman–Crippen LogP) is 4.03. The molecule has 4 nitrogen and oxygen atoms in total. The lowest BCUT2D eigenvalue weighted by molar-refractivity contribution is -0.167. The number of aliphatic hydroxyl groups is 1. The normalized spacial score (nSPS) is 48.9. The second-order valence-corrected chi connectivity index (χ2v) is 10.6. The molecule has 0 bridgehead atoms. The molecule has 1 spiro atoms. The van der Waals surface area contributed by atoms with E-state index >= 15 is 0 Å². The highest BCUT2D eigenvalue weighted by Gasteiger charge is 2.64. The molecule has 4 heteroatoms. The molecule has 1 saturated heterocycles. The molecule has 1 aliphatic heterocycles. The van der Waals surface area contributed by atoms with Gasteiger partial charge in [0.25, 0.3) is 0 Å². The van der Waals surface area contributed by atoms with Crippen LogP contribution in [0.4, 0.5) is 0 Å². The third-order valence-electron chi connectivity index (χ3n) is 9.08. The Balaban J connectivity index is 1.72. The van der Waals surface area contributed by atoms with Crippen LogP contribution in [0.1, 0.15) is 85.5 Å². The number of hydrogen-bond donors (Lipinski definition) is 1. The van der Waals surface area contributed by atoms with E-state index in [1.165, 1.54) is 0 Å². The van der Waals surface area contributed by atoms with Crippen molar-refractivity contribution in [3.63, 3.8) is 0 Å². The molecule has 0 aromatic carbocycles. The van der Waals surface area contributed by atoms with Crippen molar-refractivity contribution in [2.75, 3.05) is 0 Å². The minimum atomic E-state index is -0.867. The Labute approximate surface area is 157 Å². The van der Waals surface area contributed by atoms with Gasteiger partial charge in [-0.25, -0.2) is 0 Å². The molecule has 4 rings (SSSR count). The third-order valence-corrected chi connectivity index (χ3v) is 9.08. The summed E-state index contributed by atoms with van der Waals surface area (Å²) in [4.78, 5) is 24.8. The van der Waals surface area contributed by atoms with Gasteiger partial charge in [0.15, 0.2) is 0 Å². The van der Waals surface area contributed by atoms with E-state index in [1.54, 1.807) is 0 Å². The van der Waals surface area contributed by atoms with Gasteiger partial charge in [0.2, 0.25) is 0 Å². The average Bonchev–Trinajstić information content (AvgIpc) is 2.94. The molecule has 6 atom stereocenters. The first-order chi connectivity index (χ1) is 12.0. The van der Waals surface area contributed by atoms with E-state index in [9.17, 15) is 14.7 Å². The van der Waals surface area contributed by atoms with E-state index in [1.807, 2.05) is 13.8 Å². The van der Waals surface area contributed by atoms with Crippen LogP contribution in [-0.4, -0.2) is 28.1 Å². The molecule has 4 aliphatic rings. The fourth-order valence-corrected chi connectivity index (χ4v) is 7.48. The highest BCUT2D eigenvalue weighted by atomic mass is 16.6. The zero-order chi connectivity index (χ0) is 19.0. The van der Waals surface area contributed by atoms with Gasteiger partial charge in [-0.05, 0) is 76.0 Å². The first-order valence-corrected chi connectivity index (χ1v) is 10.5. The van der Waals surface area contributed by atoms with Crippen LogP contribution in [0.5, 0.6) is 0 Å². The second-order valence-electron chi connectivity index (χ2n) is 10.6. The number of ether oxygens (including phenoxy) is 1. The van der Waals surface area contributed by atoms with Crippen LogP contribution >= 0.6 is 0 Å².